The predicted octanol–water partition coefficient (Wildman–Crippen LogP) is 3.34. The first-order valence-electron chi connectivity index (χ1n) is 6.22. The lowest BCUT2D eigenvalue weighted by molar-refractivity contribution is -0.130. The number of carbonyl (C=O) groups is 1. The number of anilines is 1. The molecule has 0 atom stereocenters. The largest absolute Gasteiger partial charge is 0.381 e. The normalized spacial score (nSPS) is 17.8. The van der Waals surface area contributed by atoms with E-state index in [0.29, 0.717) is 46.8 Å². The van der Waals surface area contributed by atoms with E-state index in [1.165, 1.54) is 12.1 Å². The number of carbonyl (C=O) groups excluding carboxylic acids is 1. The van der Waals surface area contributed by atoms with Crippen molar-refractivity contribution in [1.82, 2.24) is 0 Å². The Labute approximate surface area is 132 Å². The Hall–Kier alpha value is -0.520. The first-order chi connectivity index (χ1) is 9.48. The lowest BCUT2D eigenvalue weighted by atomic mass is 9.79. The highest BCUT2D eigenvalue weighted by Gasteiger charge is 2.39. The van der Waals surface area contributed by atoms with E-state index in [0.717, 1.165) is 0 Å². The van der Waals surface area contributed by atoms with Gasteiger partial charge in [-0.1, -0.05) is 34.8 Å². The molecule has 2 rings (SSSR count). The number of nitrogens with one attached hydrogen (secondary N) is 1. The van der Waals surface area contributed by atoms with Gasteiger partial charge in [0.25, 0.3) is 0 Å². The predicted molar refractivity (Wildman–Crippen MR) is 81.6 cm³/mol. The molecule has 20 heavy (non-hydrogen) atoms. The SMILES string of the molecule is NCC1(C(=O)Nc2c(Cl)cc(Cl)cc2Cl)CCOCC1. The quantitative estimate of drug-likeness (QED) is 0.889. The molecule has 0 aromatic heterocycles. The van der Waals surface area contributed by atoms with Crippen molar-refractivity contribution in [1.29, 1.82) is 0 Å². The van der Waals surface area contributed by atoms with Crippen molar-refractivity contribution < 1.29 is 9.53 Å². The molecule has 1 aromatic rings. The van der Waals surface area contributed by atoms with Crippen LogP contribution >= 0.6 is 34.8 Å². The van der Waals surface area contributed by atoms with Crippen molar-refractivity contribution in [3.8, 4) is 0 Å². The fraction of sp³-hybridized carbons (Fsp3) is 0.462. The van der Waals surface area contributed by atoms with Crippen LogP contribution in [0.4, 0.5) is 5.69 Å². The lowest BCUT2D eigenvalue weighted by Crippen LogP contribution is -2.46. The maximum atomic E-state index is 12.5. The van der Waals surface area contributed by atoms with Gasteiger partial charge in [0.05, 0.1) is 21.1 Å². The van der Waals surface area contributed by atoms with Gasteiger partial charge in [-0.05, 0) is 25.0 Å². The number of nitrogens with two attached hydrogens (primary N) is 1. The van der Waals surface area contributed by atoms with Gasteiger partial charge in [0.15, 0.2) is 0 Å². The van der Waals surface area contributed by atoms with E-state index in [1.54, 1.807) is 0 Å². The number of amides is 1. The molecule has 1 fully saturated rings. The fourth-order valence-electron chi connectivity index (χ4n) is 2.19. The van der Waals surface area contributed by atoms with Gasteiger partial charge in [-0.15, -0.1) is 0 Å². The maximum Gasteiger partial charge on any atom is 0.232 e. The number of benzene rings is 1. The van der Waals surface area contributed by atoms with Gasteiger partial charge in [-0.2, -0.15) is 0 Å². The molecular formula is C13H15Cl3N2O2. The van der Waals surface area contributed by atoms with Crippen molar-refractivity contribution in [3.63, 3.8) is 0 Å². The highest BCUT2D eigenvalue weighted by Crippen LogP contribution is 2.36. The summed E-state index contributed by atoms with van der Waals surface area (Å²) in [5.74, 6) is -0.186. The van der Waals surface area contributed by atoms with Crippen LogP contribution < -0.4 is 11.1 Å². The van der Waals surface area contributed by atoms with Crippen LogP contribution in [0.3, 0.4) is 0 Å². The summed E-state index contributed by atoms with van der Waals surface area (Å²) in [6.07, 6.45) is 1.16. The summed E-state index contributed by atoms with van der Waals surface area (Å²) in [5.41, 5.74) is 5.52. The Balaban J connectivity index is 2.23. The Kier molecular flexibility index (Phi) is 5.15. The average molecular weight is 338 g/mol. The van der Waals surface area contributed by atoms with Crippen LogP contribution in [0.1, 0.15) is 12.8 Å². The van der Waals surface area contributed by atoms with E-state index >= 15 is 0 Å². The second kappa shape index (κ2) is 6.50. The molecule has 1 saturated heterocycles. The summed E-state index contributed by atoms with van der Waals surface area (Å²) in [5, 5.41) is 3.79. The molecule has 0 unspecified atom stereocenters. The fourth-order valence-corrected chi connectivity index (χ4v) is 3.11. The van der Waals surface area contributed by atoms with Crippen LogP contribution in [0.5, 0.6) is 0 Å². The van der Waals surface area contributed by atoms with Gasteiger partial charge in [-0.25, -0.2) is 0 Å². The molecule has 0 bridgehead atoms. The smallest absolute Gasteiger partial charge is 0.232 e. The van der Waals surface area contributed by atoms with Crippen molar-refractivity contribution in [2.75, 3.05) is 25.1 Å². The molecular weight excluding hydrogens is 323 g/mol. The molecule has 7 heteroatoms. The molecule has 1 heterocycles. The minimum Gasteiger partial charge on any atom is -0.381 e. The molecule has 1 amide bonds. The number of ether oxygens (including phenoxy) is 1. The number of hydrogen-bond donors (Lipinski definition) is 2. The molecule has 4 nitrogen and oxygen atoms in total. The second-order valence-corrected chi connectivity index (χ2v) is 6.05. The second-order valence-electron chi connectivity index (χ2n) is 4.80. The third kappa shape index (κ3) is 3.21. The Morgan fingerprint density at radius 2 is 1.80 bits per heavy atom. The average Bonchev–Trinajstić information content (AvgIpc) is 2.43. The van der Waals surface area contributed by atoms with Gasteiger partial charge in [0.2, 0.25) is 5.91 Å². The van der Waals surface area contributed by atoms with Gasteiger partial charge < -0.3 is 15.8 Å². The van der Waals surface area contributed by atoms with Gasteiger partial charge in [0, 0.05) is 24.8 Å². The molecule has 0 radical (unpaired) electrons. The molecule has 1 aromatic carbocycles. The number of hydrogen-bond acceptors (Lipinski definition) is 3. The molecule has 0 spiro atoms. The summed E-state index contributed by atoms with van der Waals surface area (Å²) in [7, 11) is 0. The third-order valence-electron chi connectivity index (χ3n) is 3.57. The minimum atomic E-state index is -0.634. The molecule has 1 aliphatic heterocycles. The minimum absolute atomic E-state index is 0.186. The van der Waals surface area contributed by atoms with Crippen molar-refractivity contribution in [3.05, 3.63) is 27.2 Å². The zero-order valence-electron chi connectivity index (χ0n) is 10.7. The Morgan fingerprint density at radius 3 is 2.30 bits per heavy atom. The van der Waals surface area contributed by atoms with Crippen LogP contribution in [0.2, 0.25) is 15.1 Å². The molecule has 1 aliphatic rings. The molecule has 0 saturated carbocycles. The monoisotopic (exact) mass is 336 g/mol. The lowest BCUT2D eigenvalue weighted by Gasteiger charge is -2.34. The van der Waals surface area contributed by atoms with Gasteiger partial charge in [0.1, 0.15) is 0 Å². The van der Waals surface area contributed by atoms with E-state index < -0.39 is 5.41 Å². The van der Waals surface area contributed by atoms with E-state index in [2.05, 4.69) is 5.32 Å². The van der Waals surface area contributed by atoms with Crippen LogP contribution in [0.15, 0.2) is 12.1 Å². The standard InChI is InChI=1S/C13H15Cl3N2O2/c14-8-5-9(15)11(10(16)6-8)18-12(19)13(7-17)1-3-20-4-2-13/h5-6H,1-4,7,17H2,(H,18,19). The molecule has 0 aliphatic carbocycles. The Morgan fingerprint density at radius 1 is 1.25 bits per heavy atom. The first-order valence-corrected chi connectivity index (χ1v) is 7.36. The molecule has 110 valence electrons. The van der Waals surface area contributed by atoms with E-state index in [-0.39, 0.29) is 12.5 Å². The Bertz CT molecular complexity index is 493. The van der Waals surface area contributed by atoms with Crippen molar-refractivity contribution in [2.45, 2.75) is 12.8 Å². The van der Waals surface area contributed by atoms with Gasteiger partial charge in [-0.3, -0.25) is 4.79 Å². The van der Waals surface area contributed by atoms with Crippen LogP contribution in [-0.4, -0.2) is 25.7 Å². The van der Waals surface area contributed by atoms with E-state index in [1.807, 2.05) is 0 Å². The van der Waals surface area contributed by atoms with Crippen molar-refractivity contribution >= 4 is 46.4 Å². The highest BCUT2D eigenvalue weighted by molar-refractivity contribution is 6.42. The zero-order valence-corrected chi connectivity index (χ0v) is 13.0. The van der Waals surface area contributed by atoms with E-state index in [4.69, 9.17) is 45.3 Å². The van der Waals surface area contributed by atoms with Crippen LogP contribution in [0.25, 0.3) is 0 Å². The van der Waals surface area contributed by atoms with E-state index in [9.17, 15) is 4.79 Å². The number of halogens is 3. The summed E-state index contributed by atoms with van der Waals surface area (Å²) >= 11 is 18.0. The first kappa shape index (κ1) is 15.9. The summed E-state index contributed by atoms with van der Waals surface area (Å²) < 4.78 is 5.29. The maximum absolute atomic E-state index is 12.5. The van der Waals surface area contributed by atoms with Gasteiger partial charge >= 0.3 is 0 Å². The molecule has 3 N–H and O–H groups in total. The number of rotatable bonds is 3. The van der Waals surface area contributed by atoms with Crippen molar-refractivity contribution in [2.24, 2.45) is 11.1 Å². The van der Waals surface area contributed by atoms with Crippen LogP contribution in [0, 0.1) is 5.41 Å². The zero-order chi connectivity index (χ0) is 14.8. The third-order valence-corrected chi connectivity index (χ3v) is 4.38. The van der Waals surface area contributed by atoms with Crippen LogP contribution in [-0.2, 0) is 9.53 Å². The summed E-state index contributed by atoms with van der Waals surface area (Å²) in [6, 6.07) is 3.06. The topological polar surface area (TPSA) is 64.4 Å². The summed E-state index contributed by atoms with van der Waals surface area (Å²) in [4.78, 5) is 12.5. The summed E-state index contributed by atoms with van der Waals surface area (Å²) in [6.45, 7) is 1.30. The highest BCUT2D eigenvalue weighted by atomic mass is 35.5.